The lowest BCUT2D eigenvalue weighted by Gasteiger charge is -2.27. The molecule has 1 aliphatic heterocycles. The number of primary amides is 1. The van der Waals surface area contributed by atoms with Crippen molar-refractivity contribution in [1.82, 2.24) is 14.5 Å². The van der Waals surface area contributed by atoms with E-state index in [4.69, 9.17) is 10.5 Å². The fourth-order valence-electron chi connectivity index (χ4n) is 3.52. The van der Waals surface area contributed by atoms with Crippen LogP contribution in [0.2, 0.25) is 0 Å². The van der Waals surface area contributed by atoms with Crippen LogP contribution in [0.4, 0.5) is 4.79 Å². The molecule has 9 nitrogen and oxygen atoms in total. The number of fused-ring (bicyclic) bond motifs is 1. The minimum atomic E-state index is -1.58. The van der Waals surface area contributed by atoms with Crippen molar-refractivity contribution in [2.45, 2.75) is 57.4 Å². The van der Waals surface area contributed by atoms with Crippen molar-refractivity contribution in [2.75, 3.05) is 6.61 Å². The van der Waals surface area contributed by atoms with Gasteiger partial charge in [0.2, 0.25) is 5.91 Å². The van der Waals surface area contributed by atoms with E-state index in [1.54, 1.807) is 24.3 Å². The molecule has 2 aromatic rings. The van der Waals surface area contributed by atoms with Gasteiger partial charge in [0.1, 0.15) is 6.04 Å². The van der Waals surface area contributed by atoms with Crippen molar-refractivity contribution in [3.63, 3.8) is 0 Å². The van der Waals surface area contributed by atoms with Crippen LogP contribution in [-0.4, -0.2) is 50.5 Å². The maximum absolute atomic E-state index is 13.0. The first-order valence-corrected chi connectivity index (χ1v) is 9.34. The normalized spacial score (nSPS) is 18.8. The summed E-state index contributed by atoms with van der Waals surface area (Å²) in [6.07, 6.45) is 2.79. The summed E-state index contributed by atoms with van der Waals surface area (Å²) in [5.41, 5.74) is 4.18. The highest BCUT2D eigenvalue weighted by Crippen LogP contribution is 2.18. The first kappa shape index (κ1) is 20.1. The molecular weight excluding hydrogens is 364 g/mol. The van der Waals surface area contributed by atoms with Crippen LogP contribution in [0.25, 0.3) is 11.0 Å². The van der Waals surface area contributed by atoms with Crippen molar-refractivity contribution >= 4 is 23.0 Å². The molecule has 1 aromatic heterocycles. The Morgan fingerprint density at radius 2 is 2.00 bits per heavy atom. The predicted octanol–water partition coefficient (Wildman–Crippen LogP) is 0.555. The number of imidazole rings is 1. The predicted molar refractivity (Wildman–Crippen MR) is 103 cm³/mol. The lowest BCUT2D eigenvalue weighted by Crippen LogP contribution is -2.58. The van der Waals surface area contributed by atoms with Crippen LogP contribution < -0.4 is 16.7 Å². The van der Waals surface area contributed by atoms with E-state index in [2.05, 4.69) is 5.32 Å². The Morgan fingerprint density at radius 3 is 2.57 bits per heavy atom. The number of aliphatic hydroxyl groups is 1. The van der Waals surface area contributed by atoms with E-state index < -0.39 is 29.3 Å². The standard InChI is InChI=1S/C19H26N4O5/c1-19(2,27)15(16(20)24)21-17(25)23-14-9-4-3-8-13(14)22(18(23)26)11-12-7-5-6-10-28-12/h3-4,8-9,12,15,27H,5-7,10-11H2,1-2H3,(H2,20,24)(H,21,25)/t12?,15-/m1/s1. The molecule has 2 amide bonds. The Bertz CT molecular complexity index is 934. The Kier molecular flexibility index (Phi) is 5.57. The molecule has 1 aromatic carbocycles. The molecule has 1 saturated heterocycles. The number of ether oxygens (including phenoxy) is 1. The van der Waals surface area contributed by atoms with Crippen molar-refractivity contribution in [3.8, 4) is 0 Å². The Hall–Kier alpha value is -2.65. The fraction of sp³-hybridized carbons (Fsp3) is 0.526. The summed E-state index contributed by atoms with van der Waals surface area (Å²) in [7, 11) is 0. The van der Waals surface area contributed by atoms with Crippen LogP contribution in [0.1, 0.15) is 33.1 Å². The van der Waals surface area contributed by atoms with E-state index in [0.29, 0.717) is 24.2 Å². The van der Waals surface area contributed by atoms with Gasteiger partial charge in [0.15, 0.2) is 0 Å². The monoisotopic (exact) mass is 390 g/mol. The molecule has 1 aliphatic rings. The van der Waals surface area contributed by atoms with Gasteiger partial charge in [-0.2, -0.15) is 0 Å². The minimum absolute atomic E-state index is 0.0940. The first-order chi connectivity index (χ1) is 13.2. The van der Waals surface area contributed by atoms with E-state index >= 15 is 0 Å². The van der Waals surface area contributed by atoms with Gasteiger partial charge in [-0.05, 0) is 45.2 Å². The molecule has 0 bridgehead atoms. The Morgan fingerprint density at radius 1 is 1.32 bits per heavy atom. The molecule has 2 atom stereocenters. The first-order valence-electron chi connectivity index (χ1n) is 9.34. The summed E-state index contributed by atoms with van der Waals surface area (Å²) >= 11 is 0. The minimum Gasteiger partial charge on any atom is -0.388 e. The molecule has 152 valence electrons. The van der Waals surface area contributed by atoms with Gasteiger partial charge in [0.25, 0.3) is 0 Å². The van der Waals surface area contributed by atoms with Gasteiger partial charge in [0, 0.05) is 6.61 Å². The fourth-order valence-corrected chi connectivity index (χ4v) is 3.52. The molecule has 3 rings (SSSR count). The summed E-state index contributed by atoms with van der Waals surface area (Å²) in [5.74, 6) is -0.895. The summed E-state index contributed by atoms with van der Waals surface area (Å²) in [6.45, 7) is 3.71. The number of hydrogen-bond acceptors (Lipinski definition) is 5. The van der Waals surface area contributed by atoms with E-state index in [0.717, 1.165) is 23.8 Å². The van der Waals surface area contributed by atoms with Gasteiger partial charge in [0.05, 0.1) is 29.3 Å². The van der Waals surface area contributed by atoms with Crippen LogP contribution in [0.15, 0.2) is 29.1 Å². The number of nitrogens with one attached hydrogen (secondary N) is 1. The number of aromatic nitrogens is 2. The molecule has 0 spiro atoms. The number of benzene rings is 1. The number of para-hydroxylation sites is 2. The third kappa shape index (κ3) is 3.95. The Balaban J connectivity index is 1.99. The Labute approximate surface area is 162 Å². The zero-order valence-electron chi connectivity index (χ0n) is 16.1. The van der Waals surface area contributed by atoms with Crippen LogP contribution in [0.3, 0.4) is 0 Å². The lowest BCUT2D eigenvalue weighted by atomic mass is 9.99. The summed E-state index contributed by atoms with van der Waals surface area (Å²) < 4.78 is 8.20. The SMILES string of the molecule is CC(C)(O)[C@H](NC(=O)n1c(=O)n(CC2CCCCO2)c2ccccc21)C(N)=O. The summed E-state index contributed by atoms with van der Waals surface area (Å²) in [5, 5.41) is 12.5. The molecule has 1 fully saturated rings. The average Bonchev–Trinajstić information content (AvgIpc) is 2.91. The van der Waals surface area contributed by atoms with Gasteiger partial charge >= 0.3 is 11.7 Å². The van der Waals surface area contributed by atoms with Crippen LogP contribution in [-0.2, 0) is 16.1 Å². The maximum Gasteiger partial charge on any atom is 0.337 e. The molecule has 4 N–H and O–H groups in total. The molecule has 0 saturated carbocycles. The van der Waals surface area contributed by atoms with E-state index in [-0.39, 0.29) is 6.10 Å². The molecule has 9 heteroatoms. The number of hydrogen-bond donors (Lipinski definition) is 3. The third-order valence-electron chi connectivity index (χ3n) is 4.96. The zero-order chi connectivity index (χ0) is 20.5. The maximum atomic E-state index is 13.0. The molecule has 1 unspecified atom stereocenters. The highest BCUT2D eigenvalue weighted by molar-refractivity contribution is 5.92. The topological polar surface area (TPSA) is 129 Å². The highest BCUT2D eigenvalue weighted by atomic mass is 16.5. The van der Waals surface area contributed by atoms with E-state index in [1.165, 1.54) is 18.4 Å². The van der Waals surface area contributed by atoms with Crippen molar-refractivity contribution in [1.29, 1.82) is 0 Å². The molecular formula is C19H26N4O5. The lowest BCUT2D eigenvalue weighted by molar-refractivity contribution is -0.125. The summed E-state index contributed by atoms with van der Waals surface area (Å²) in [6, 6.07) is 4.73. The smallest absolute Gasteiger partial charge is 0.337 e. The van der Waals surface area contributed by atoms with E-state index in [1.807, 2.05) is 0 Å². The highest BCUT2D eigenvalue weighted by Gasteiger charge is 2.34. The van der Waals surface area contributed by atoms with Crippen molar-refractivity contribution in [2.24, 2.45) is 5.73 Å². The van der Waals surface area contributed by atoms with Crippen molar-refractivity contribution in [3.05, 3.63) is 34.7 Å². The number of amides is 2. The van der Waals surface area contributed by atoms with Gasteiger partial charge in [-0.15, -0.1) is 0 Å². The molecule has 0 aliphatic carbocycles. The van der Waals surface area contributed by atoms with Crippen LogP contribution in [0, 0.1) is 0 Å². The second kappa shape index (κ2) is 7.76. The molecule has 0 radical (unpaired) electrons. The number of nitrogens with two attached hydrogens (primary N) is 1. The number of carbonyl (C=O) groups excluding carboxylic acids is 2. The number of carbonyl (C=O) groups is 2. The number of rotatable bonds is 5. The van der Waals surface area contributed by atoms with E-state index in [9.17, 15) is 19.5 Å². The third-order valence-corrected chi connectivity index (χ3v) is 4.96. The second-order valence-electron chi connectivity index (χ2n) is 7.64. The van der Waals surface area contributed by atoms with Crippen LogP contribution >= 0.6 is 0 Å². The quantitative estimate of drug-likeness (QED) is 0.687. The van der Waals surface area contributed by atoms with Gasteiger partial charge < -0.3 is 20.9 Å². The van der Waals surface area contributed by atoms with Gasteiger partial charge in [-0.25, -0.2) is 14.2 Å². The van der Waals surface area contributed by atoms with Gasteiger partial charge in [-0.3, -0.25) is 9.36 Å². The zero-order valence-corrected chi connectivity index (χ0v) is 16.1. The van der Waals surface area contributed by atoms with Gasteiger partial charge in [-0.1, -0.05) is 12.1 Å². The largest absolute Gasteiger partial charge is 0.388 e. The average molecular weight is 390 g/mol. The second-order valence-corrected chi connectivity index (χ2v) is 7.64. The molecule has 2 heterocycles. The van der Waals surface area contributed by atoms with Crippen LogP contribution in [0.5, 0.6) is 0 Å². The molecule has 28 heavy (non-hydrogen) atoms. The van der Waals surface area contributed by atoms with Crippen molar-refractivity contribution < 1.29 is 19.4 Å². The number of nitrogens with zero attached hydrogens (tertiary/aromatic N) is 2. The summed E-state index contributed by atoms with van der Waals surface area (Å²) in [4.78, 5) is 37.5.